The molecule has 0 atom stereocenters. The molecule has 1 amide bonds. The highest BCUT2D eigenvalue weighted by Crippen LogP contribution is 2.23. The van der Waals surface area contributed by atoms with Crippen LogP contribution < -0.4 is 0 Å². The van der Waals surface area contributed by atoms with E-state index in [-0.39, 0.29) is 24.6 Å². The van der Waals surface area contributed by atoms with Gasteiger partial charge in [0.1, 0.15) is 0 Å². The zero-order chi connectivity index (χ0) is 17.7. The molecule has 0 aliphatic carbocycles. The third-order valence-electron chi connectivity index (χ3n) is 3.68. The highest BCUT2D eigenvalue weighted by Gasteiger charge is 2.21. The number of aromatic nitrogens is 2. The molecule has 2 rings (SSSR count). The smallest absolute Gasteiger partial charge is 0.233 e. The maximum atomic E-state index is 12.5. The number of aliphatic hydroxyl groups is 1. The number of hydrogen-bond acceptors (Lipinski definition) is 5. The van der Waals surface area contributed by atoms with Crippen LogP contribution in [0.25, 0.3) is 0 Å². The van der Waals surface area contributed by atoms with E-state index in [4.69, 9.17) is 0 Å². The highest BCUT2D eigenvalue weighted by molar-refractivity contribution is 7.99. The Morgan fingerprint density at radius 3 is 2.62 bits per heavy atom. The summed E-state index contributed by atoms with van der Waals surface area (Å²) in [6.45, 7) is 8.74. The van der Waals surface area contributed by atoms with Crippen molar-refractivity contribution in [1.82, 2.24) is 14.5 Å². The van der Waals surface area contributed by atoms with Gasteiger partial charge in [-0.3, -0.25) is 4.79 Å². The van der Waals surface area contributed by atoms with Crippen molar-refractivity contribution in [3.63, 3.8) is 0 Å². The lowest BCUT2D eigenvalue weighted by atomic mass is 10.2. The van der Waals surface area contributed by atoms with Gasteiger partial charge in [-0.25, -0.2) is 4.98 Å². The molecule has 132 valence electrons. The molecule has 2 aromatic heterocycles. The van der Waals surface area contributed by atoms with E-state index in [0.29, 0.717) is 12.3 Å². The average molecular weight is 368 g/mol. The van der Waals surface area contributed by atoms with Crippen LogP contribution in [0.2, 0.25) is 0 Å². The first kappa shape index (κ1) is 19.0. The van der Waals surface area contributed by atoms with Gasteiger partial charge < -0.3 is 14.6 Å². The monoisotopic (exact) mass is 367 g/mol. The van der Waals surface area contributed by atoms with Crippen LogP contribution in [0.1, 0.15) is 38.3 Å². The Balaban J connectivity index is 2.09. The quantitative estimate of drug-likeness (QED) is 0.728. The molecule has 2 aromatic rings. The summed E-state index contributed by atoms with van der Waals surface area (Å²) in [4.78, 5) is 20.0. The van der Waals surface area contributed by atoms with Crippen molar-refractivity contribution in [1.29, 1.82) is 0 Å². The second-order valence-corrected chi connectivity index (χ2v) is 8.11. The maximum absolute atomic E-state index is 12.5. The number of aliphatic hydroxyl groups excluding tert-OH is 1. The molecule has 0 aliphatic heterocycles. The van der Waals surface area contributed by atoms with E-state index >= 15 is 0 Å². The average Bonchev–Trinajstić information content (AvgIpc) is 3.14. The molecule has 5 nitrogen and oxygen atoms in total. The van der Waals surface area contributed by atoms with Crippen LogP contribution in [0.5, 0.6) is 0 Å². The predicted molar refractivity (Wildman–Crippen MR) is 99.4 cm³/mol. The zero-order valence-electron chi connectivity index (χ0n) is 14.6. The minimum absolute atomic E-state index is 0.0585. The van der Waals surface area contributed by atoms with Crippen molar-refractivity contribution >= 4 is 29.0 Å². The van der Waals surface area contributed by atoms with Crippen molar-refractivity contribution < 1.29 is 9.90 Å². The van der Waals surface area contributed by atoms with Crippen molar-refractivity contribution in [2.45, 2.75) is 58.1 Å². The molecule has 2 heterocycles. The van der Waals surface area contributed by atoms with Crippen LogP contribution in [0.15, 0.2) is 28.9 Å². The Kier molecular flexibility index (Phi) is 6.89. The number of carbonyl (C=O) groups is 1. The van der Waals surface area contributed by atoms with Crippen LogP contribution in [0.4, 0.5) is 0 Å². The Morgan fingerprint density at radius 2 is 2.08 bits per heavy atom. The fourth-order valence-electron chi connectivity index (χ4n) is 2.73. The molecule has 0 aliphatic rings. The van der Waals surface area contributed by atoms with Gasteiger partial charge in [-0.15, -0.1) is 11.3 Å². The topological polar surface area (TPSA) is 58.4 Å². The minimum atomic E-state index is -0.0585. The van der Waals surface area contributed by atoms with Crippen molar-refractivity contribution in [3.05, 3.63) is 34.3 Å². The van der Waals surface area contributed by atoms with Crippen LogP contribution in [-0.2, 0) is 17.9 Å². The van der Waals surface area contributed by atoms with Crippen molar-refractivity contribution in [3.8, 4) is 0 Å². The van der Waals surface area contributed by atoms with Gasteiger partial charge in [0.15, 0.2) is 5.16 Å². The SMILES string of the molecule is CC(C)N(C(=O)CSc1ncc(CO)n1Cc1cccs1)C(C)C. The second kappa shape index (κ2) is 8.69. The Morgan fingerprint density at radius 1 is 1.38 bits per heavy atom. The normalized spacial score (nSPS) is 11.5. The molecule has 1 N–H and O–H groups in total. The number of nitrogens with zero attached hydrogens (tertiary/aromatic N) is 3. The number of hydrogen-bond donors (Lipinski definition) is 1. The summed E-state index contributed by atoms with van der Waals surface area (Å²) in [5, 5.41) is 12.3. The summed E-state index contributed by atoms with van der Waals surface area (Å²) in [7, 11) is 0. The fourth-order valence-corrected chi connectivity index (χ4v) is 4.29. The number of thiophene rings is 1. The zero-order valence-corrected chi connectivity index (χ0v) is 16.2. The molecular weight excluding hydrogens is 342 g/mol. The van der Waals surface area contributed by atoms with Gasteiger partial charge in [0.2, 0.25) is 5.91 Å². The molecule has 0 saturated heterocycles. The number of amides is 1. The fraction of sp³-hybridized carbons (Fsp3) is 0.529. The summed E-state index contributed by atoms with van der Waals surface area (Å²) < 4.78 is 1.98. The molecule has 0 unspecified atom stereocenters. The lowest BCUT2D eigenvalue weighted by Crippen LogP contribution is -2.43. The summed E-state index contributed by atoms with van der Waals surface area (Å²) in [5.41, 5.74) is 0.767. The standard InChI is InChI=1S/C17H25N3O2S2/c1-12(2)20(13(3)4)16(22)11-24-17-18-8-14(10-21)19(17)9-15-6-5-7-23-15/h5-8,12-13,21H,9-11H2,1-4H3. The molecule has 0 bridgehead atoms. The van der Waals surface area contributed by atoms with Gasteiger partial charge in [-0.05, 0) is 39.1 Å². The van der Waals surface area contributed by atoms with Crippen molar-refractivity contribution in [2.24, 2.45) is 0 Å². The van der Waals surface area contributed by atoms with Crippen LogP contribution in [-0.4, -0.2) is 43.3 Å². The Labute approximate surface area is 151 Å². The molecule has 0 saturated carbocycles. The number of thioether (sulfide) groups is 1. The molecule has 0 spiro atoms. The number of imidazole rings is 1. The van der Waals surface area contributed by atoms with Gasteiger partial charge >= 0.3 is 0 Å². The van der Waals surface area contributed by atoms with Crippen LogP contribution >= 0.6 is 23.1 Å². The third-order valence-corrected chi connectivity index (χ3v) is 5.52. The molecular formula is C17H25N3O2S2. The van der Waals surface area contributed by atoms with E-state index in [9.17, 15) is 9.90 Å². The molecule has 0 fully saturated rings. The Hall–Kier alpha value is -1.31. The van der Waals surface area contributed by atoms with E-state index in [1.165, 1.54) is 16.6 Å². The molecule has 7 heteroatoms. The molecule has 0 radical (unpaired) electrons. The molecule has 24 heavy (non-hydrogen) atoms. The van der Waals surface area contributed by atoms with Crippen LogP contribution in [0, 0.1) is 0 Å². The van der Waals surface area contributed by atoms with Crippen LogP contribution in [0.3, 0.4) is 0 Å². The second-order valence-electron chi connectivity index (χ2n) is 6.13. The first-order chi connectivity index (χ1) is 11.4. The lowest BCUT2D eigenvalue weighted by Gasteiger charge is -2.30. The van der Waals surface area contributed by atoms with E-state index in [0.717, 1.165) is 10.9 Å². The summed E-state index contributed by atoms with van der Waals surface area (Å²) >= 11 is 3.10. The van der Waals surface area contributed by atoms with Gasteiger partial charge in [0.25, 0.3) is 0 Å². The first-order valence-electron chi connectivity index (χ1n) is 8.05. The van der Waals surface area contributed by atoms with Gasteiger partial charge in [-0.1, -0.05) is 17.8 Å². The van der Waals surface area contributed by atoms with E-state index in [1.807, 2.05) is 48.6 Å². The van der Waals surface area contributed by atoms with Gasteiger partial charge in [0.05, 0.1) is 30.8 Å². The molecule has 0 aromatic carbocycles. The van der Waals surface area contributed by atoms with Gasteiger partial charge in [-0.2, -0.15) is 0 Å². The summed E-state index contributed by atoms with van der Waals surface area (Å²) in [6, 6.07) is 4.42. The summed E-state index contributed by atoms with van der Waals surface area (Å²) in [5.74, 6) is 0.462. The predicted octanol–water partition coefficient (Wildman–Crippen LogP) is 3.22. The number of rotatable bonds is 8. The minimum Gasteiger partial charge on any atom is -0.390 e. The van der Waals surface area contributed by atoms with E-state index < -0.39 is 0 Å². The highest BCUT2D eigenvalue weighted by atomic mass is 32.2. The summed E-state index contributed by atoms with van der Waals surface area (Å²) in [6.07, 6.45) is 1.68. The van der Waals surface area contributed by atoms with Gasteiger partial charge in [0, 0.05) is 17.0 Å². The number of carbonyl (C=O) groups excluding carboxylic acids is 1. The third kappa shape index (κ3) is 4.62. The lowest BCUT2D eigenvalue weighted by molar-refractivity contribution is -0.131. The first-order valence-corrected chi connectivity index (χ1v) is 9.92. The van der Waals surface area contributed by atoms with E-state index in [2.05, 4.69) is 11.1 Å². The largest absolute Gasteiger partial charge is 0.390 e. The van der Waals surface area contributed by atoms with E-state index in [1.54, 1.807) is 17.5 Å². The maximum Gasteiger partial charge on any atom is 0.233 e. The van der Waals surface area contributed by atoms with Crippen molar-refractivity contribution in [2.75, 3.05) is 5.75 Å². The Bertz CT molecular complexity index is 643.